The first-order chi connectivity index (χ1) is 11.9. The standard InChI is InChI=1S/C20H26N2O3/c1-5-14-13-24-11-10-22(14)15-6-7-18-17(12-15)16(8-9-21-18)19(23)25-20(2,3)4/h6-9,12,14H,5,10-11,13H2,1-4H3. The zero-order chi connectivity index (χ0) is 18.0. The van der Waals surface area contributed by atoms with E-state index in [1.165, 1.54) is 0 Å². The average molecular weight is 342 g/mol. The molecule has 0 aliphatic carbocycles. The van der Waals surface area contributed by atoms with E-state index in [4.69, 9.17) is 9.47 Å². The Bertz CT molecular complexity index is 767. The van der Waals surface area contributed by atoms with E-state index in [2.05, 4.69) is 28.9 Å². The predicted molar refractivity (Wildman–Crippen MR) is 99.2 cm³/mol. The minimum absolute atomic E-state index is 0.314. The van der Waals surface area contributed by atoms with Crippen LogP contribution in [0.25, 0.3) is 10.9 Å². The second-order valence-corrected chi connectivity index (χ2v) is 7.39. The molecule has 1 saturated heterocycles. The van der Waals surface area contributed by atoms with Gasteiger partial charge in [0, 0.05) is 23.8 Å². The molecule has 0 N–H and O–H groups in total. The molecule has 5 heteroatoms. The summed E-state index contributed by atoms with van der Waals surface area (Å²) < 4.78 is 11.2. The predicted octanol–water partition coefficient (Wildman–Crippen LogP) is 3.81. The van der Waals surface area contributed by atoms with Gasteiger partial charge in [0.15, 0.2) is 0 Å². The van der Waals surface area contributed by atoms with Crippen LogP contribution in [0.1, 0.15) is 44.5 Å². The van der Waals surface area contributed by atoms with Crippen LogP contribution in [-0.4, -0.2) is 42.4 Å². The van der Waals surface area contributed by atoms with Gasteiger partial charge in [0.25, 0.3) is 0 Å². The van der Waals surface area contributed by atoms with E-state index >= 15 is 0 Å². The largest absolute Gasteiger partial charge is 0.456 e. The third-order valence-corrected chi connectivity index (χ3v) is 4.37. The number of hydrogen-bond donors (Lipinski definition) is 0. The van der Waals surface area contributed by atoms with Crippen molar-refractivity contribution in [3.8, 4) is 0 Å². The summed E-state index contributed by atoms with van der Waals surface area (Å²) in [7, 11) is 0. The lowest BCUT2D eigenvalue weighted by atomic mass is 10.1. The van der Waals surface area contributed by atoms with E-state index in [1.54, 1.807) is 12.3 Å². The summed E-state index contributed by atoms with van der Waals surface area (Å²) in [6.07, 6.45) is 2.68. The van der Waals surface area contributed by atoms with Gasteiger partial charge in [-0.15, -0.1) is 0 Å². The summed E-state index contributed by atoms with van der Waals surface area (Å²) >= 11 is 0. The molecule has 0 amide bonds. The van der Waals surface area contributed by atoms with Crippen molar-refractivity contribution in [2.24, 2.45) is 0 Å². The topological polar surface area (TPSA) is 51.7 Å². The molecule has 0 radical (unpaired) electrons. The smallest absolute Gasteiger partial charge is 0.339 e. The Labute approximate surface area is 148 Å². The van der Waals surface area contributed by atoms with E-state index in [9.17, 15) is 4.79 Å². The van der Waals surface area contributed by atoms with E-state index in [0.29, 0.717) is 11.6 Å². The molecule has 1 aliphatic rings. The van der Waals surface area contributed by atoms with E-state index in [1.807, 2.05) is 26.8 Å². The average Bonchev–Trinajstić information content (AvgIpc) is 2.59. The maximum absolute atomic E-state index is 12.6. The van der Waals surface area contributed by atoms with Crippen molar-refractivity contribution in [3.05, 3.63) is 36.0 Å². The van der Waals surface area contributed by atoms with Crippen molar-refractivity contribution < 1.29 is 14.3 Å². The number of benzene rings is 1. The molecule has 1 aromatic heterocycles. The highest BCUT2D eigenvalue weighted by molar-refractivity contribution is 6.04. The molecule has 5 nitrogen and oxygen atoms in total. The molecule has 25 heavy (non-hydrogen) atoms. The Hall–Kier alpha value is -2.14. The fourth-order valence-corrected chi connectivity index (χ4v) is 3.16. The molecule has 134 valence electrons. The monoisotopic (exact) mass is 342 g/mol. The number of ether oxygens (including phenoxy) is 2. The van der Waals surface area contributed by atoms with Gasteiger partial charge < -0.3 is 14.4 Å². The number of aromatic nitrogens is 1. The number of pyridine rings is 1. The first-order valence-corrected chi connectivity index (χ1v) is 8.85. The Morgan fingerprint density at radius 2 is 2.16 bits per heavy atom. The van der Waals surface area contributed by atoms with Crippen LogP contribution in [-0.2, 0) is 9.47 Å². The van der Waals surface area contributed by atoms with Crippen LogP contribution in [0.15, 0.2) is 30.5 Å². The highest BCUT2D eigenvalue weighted by atomic mass is 16.6. The zero-order valence-corrected chi connectivity index (χ0v) is 15.4. The van der Waals surface area contributed by atoms with Crippen molar-refractivity contribution in [3.63, 3.8) is 0 Å². The second kappa shape index (κ2) is 7.00. The Balaban J connectivity index is 2.01. The molecule has 0 spiro atoms. The minimum atomic E-state index is -0.526. The van der Waals surface area contributed by atoms with Crippen LogP contribution in [0, 0.1) is 0 Å². The van der Waals surface area contributed by atoms with Crippen LogP contribution in [0.5, 0.6) is 0 Å². The van der Waals surface area contributed by atoms with Gasteiger partial charge in [0.1, 0.15) is 5.60 Å². The molecule has 0 bridgehead atoms. The molecule has 2 aromatic rings. The van der Waals surface area contributed by atoms with Crippen molar-refractivity contribution >= 4 is 22.6 Å². The molecular weight excluding hydrogens is 316 g/mol. The highest BCUT2D eigenvalue weighted by Crippen LogP contribution is 2.28. The molecule has 1 atom stereocenters. The number of nitrogens with zero attached hydrogens (tertiary/aromatic N) is 2. The molecule has 1 unspecified atom stereocenters. The van der Waals surface area contributed by atoms with Gasteiger partial charge >= 0.3 is 5.97 Å². The minimum Gasteiger partial charge on any atom is -0.456 e. The highest BCUT2D eigenvalue weighted by Gasteiger charge is 2.24. The summed E-state index contributed by atoms with van der Waals surface area (Å²) in [4.78, 5) is 19.3. The fraction of sp³-hybridized carbons (Fsp3) is 0.500. The first kappa shape index (κ1) is 17.7. The van der Waals surface area contributed by atoms with Gasteiger partial charge in [0.2, 0.25) is 0 Å². The number of hydrogen-bond acceptors (Lipinski definition) is 5. The number of carbonyl (C=O) groups excluding carboxylic acids is 1. The number of carbonyl (C=O) groups is 1. The van der Waals surface area contributed by atoms with E-state index in [-0.39, 0.29) is 5.97 Å². The quantitative estimate of drug-likeness (QED) is 0.794. The van der Waals surface area contributed by atoms with E-state index < -0.39 is 5.60 Å². The lowest BCUT2D eigenvalue weighted by Gasteiger charge is -2.37. The Kier molecular flexibility index (Phi) is 4.95. The van der Waals surface area contributed by atoms with Gasteiger partial charge in [-0.05, 0) is 51.5 Å². The lowest BCUT2D eigenvalue weighted by Crippen LogP contribution is -2.45. The SMILES string of the molecule is CCC1COCCN1c1ccc2nccc(C(=O)OC(C)(C)C)c2c1. The van der Waals surface area contributed by atoms with Crippen LogP contribution < -0.4 is 4.90 Å². The molecule has 2 heterocycles. The first-order valence-electron chi connectivity index (χ1n) is 8.85. The zero-order valence-electron chi connectivity index (χ0n) is 15.4. The maximum atomic E-state index is 12.6. The van der Waals surface area contributed by atoms with Gasteiger partial charge in [-0.1, -0.05) is 6.92 Å². The summed E-state index contributed by atoms with van der Waals surface area (Å²) in [5, 5.41) is 0.829. The Morgan fingerprint density at radius 1 is 1.36 bits per heavy atom. The molecule has 1 aromatic carbocycles. The van der Waals surface area contributed by atoms with Crippen LogP contribution in [0.4, 0.5) is 5.69 Å². The van der Waals surface area contributed by atoms with Gasteiger partial charge in [0.05, 0.1) is 30.3 Å². The van der Waals surface area contributed by atoms with Crippen LogP contribution in [0.2, 0.25) is 0 Å². The summed E-state index contributed by atoms with van der Waals surface area (Å²) in [5.74, 6) is -0.314. The van der Waals surface area contributed by atoms with Gasteiger partial charge in [-0.3, -0.25) is 4.98 Å². The third-order valence-electron chi connectivity index (χ3n) is 4.37. The van der Waals surface area contributed by atoms with Gasteiger partial charge in [-0.25, -0.2) is 4.79 Å². The summed E-state index contributed by atoms with van der Waals surface area (Å²) in [6, 6.07) is 8.18. The fourth-order valence-electron chi connectivity index (χ4n) is 3.16. The number of anilines is 1. The van der Waals surface area contributed by atoms with Crippen molar-refractivity contribution in [1.82, 2.24) is 4.98 Å². The van der Waals surface area contributed by atoms with Crippen molar-refractivity contribution in [1.29, 1.82) is 0 Å². The molecule has 1 fully saturated rings. The number of fused-ring (bicyclic) bond motifs is 1. The van der Waals surface area contributed by atoms with Crippen LogP contribution >= 0.6 is 0 Å². The molecular formula is C20H26N2O3. The maximum Gasteiger partial charge on any atom is 0.339 e. The molecule has 3 rings (SSSR count). The van der Waals surface area contributed by atoms with E-state index in [0.717, 1.165) is 42.8 Å². The number of morpholine rings is 1. The van der Waals surface area contributed by atoms with Crippen LogP contribution in [0.3, 0.4) is 0 Å². The second-order valence-electron chi connectivity index (χ2n) is 7.39. The number of esters is 1. The molecule has 0 saturated carbocycles. The van der Waals surface area contributed by atoms with Gasteiger partial charge in [-0.2, -0.15) is 0 Å². The Morgan fingerprint density at radius 3 is 2.88 bits per heavy atom. The number of rotatable bonds is 3. The lowest BCUT2D eigenvalue weighted by molar-refractivity contribution is 0.00717. The van der Waals surface area contributed by atoms with Crippen molar-refractivity contribution in [2.45, 2.75) is 45.8 Å². The normalized spacial score (nSPS) is 18.4. The third kappa shape index (κ3) is 3.93. The van der Waals surface area contributed by atoms with Crippen molar-refractivity contribution in [2.75, 3.05) is 24.7 Å². The molecule has 1 aliphatic heterocycles. The summed E-state index contributed by atoms with van der Waals surface area (Å²) in [5.41, 5.74) is 1.93. The summed E-state index contributed by atoms with van der Waals surface area (Å²) in [6.45, 7) is 10.1.